The molecule has 0 atom stereocenters. The van der Waals surface area contributed by atoms with Gasteiger partial charge in [-0.05, 0) is 32.3 Å². The molecule has 0 aliphatic rings. The van der Waals surface area contributed by atoms with Crippen molar-refractivity contribution in [1.82, 2.24) is 0 Å². The lowest BCUT2D eigenvalue weighted by Gasteiger charge is -2.30. The molecule has 1 heteroatoms. The average molecular weight is 319 g/mol. The standard InChI is InChI=1S/C21H36P/c1-5-9-17-22(18-10-6-2,19-11-7-3)21(8-4)20-15-13-12-14-16-20/h8,12-16H,5-7,9-11,17-19H2,1-4H3/q+1/b21-8+. The highest BCUT2D eigenvalue weighted by molar-refractivity contribution is 7.85. The summed E-state index contributed by atoms with van der Waals surface area (Å²) in [5, 5.41) is 1.71. The molecule has 1 rings (SSSR count). The van der Waals surface area contributed by atoms with Crippen LogP contribution in [0.3, 0.4) is 0 Å². The Morgan fingerprint density at radius 1 is 0.818 bits per heavy atom. The lowest BCUT2D eigenvalue weighted by atomic mass is 10.2. The van der Waals surface area contributed by atoms with Gasteiger partial charge in [0.05, 0.1) is 23.8 Å². The number of benzene rings is 1. The first-order chi connectivity index (χ1) is 10.7. The van der Waals surface area contributed by atoms with Gasteiger partial charge in [-0.1, -0.05) is 70.4 Å². The highest BCUT2D eigenvalue weighted by Gasteiger charge is 2.40. The first-order valence-corrected chi connectivity index (χ1v) is 11.7. The van der Waals surface area contributed by atoms with Crippen LogP contribution < -0.4 is 0 Å². The summed E-state index contributed by atoms with van der Waals surface area (Å²) in [4.78, 5) is 0. The van der Waals surface area contributed by atoms with Crippen molar-refractivity contribution in [2.75, 3.05) is 18.5 Å². The molecule has 1 aromatic rings. The van der Waals surface area contributed by atoms with E-state index in [1.54, 1.807) is 5.31 Å². The SMILES string of the molecule is C/C=C(\c1ccccc1)[P+](CCCC)(CCCC)CCCC. The van der Waals surface area contributed by atoms with Crippen molar-refractivity contribution in [1.29, 1.82) is 0 Å². The fourth-order valence-corrected chi connectivity index (χ4v) is 8.81. The summed E-state index contributed by atoms with van der Waals surface area (Å²) in [6, 6.07) is 11.2. The Bertz CT molecular complexity index is 397. The third kappa shape index (κ3) is 5.54. The number of allylic oxidation sites excluding steroid dienone is 1. The topological polar surface area (TPSA) is 0 Å². The zero-order valence-electron chi connectivity index (χ0n) is 15.3. The van der Waals surface area contributed by atoms with E-state index in [1.807, 2.05) is 0 Å². The molecule has 0 bridgehead atoms. The number of rotatable bonds is 11. The summed E-state index contributed by atoms with van der Waals surface area (Å²) >= 11 is 0. The molecule has 0 aliphatic carbocycles. The van der Waals surface area contributed by atoms with Crippen LogP contribution in [0.1, 0.15) is 71.8 Å². The van der Waals surface area contributed by atoms with Gasteiger partial charge in [-0.15, -0.1) is 0 Å². The molecule has 0 aliphatic heterocycles. The fourth-order valence-electron chi connectivity index (χ4n) is 3.40. The van der Waals surface area contributed by atoms with Crippen molar-refractivity contribution in [3.8, 4) is 0 Å². The minimum Gasteiger partial charge on any atom is -0.0652 e. The second-order valence-corrected chi connectivity index (χ2v) is 10.5. The van der Waals surface area contributed by atoms with E-state index in [0.29, 0.717) is 0 Å². The molecule has 0 heterocycles. The Morgan fingerprint density at radius 3 is 1.64 bits per heavy atom. The molecular formula is C21H36P+. The molecule has 0 spiro atoms. The van der Waals surface area contributed by atoms with E-state index in [-0.39, 0.29) is 0 Å². The maximum atomic E-state index is 2.45. The summed E-state index contributed by atoms with van der Waals surface area (Å²) in [6.07, 6.45) is 15.0. The van der Waals surface area contributed by atoms with Gasteiger partial charge in [0, 0.05) is 12.8 Å². The molecule has 0 aromatic heterocycles. The quantitative estimate of drug-likeness (QED) is 0.371. The average Bonchev–Trinajstić information content (AvgIpc) is 2.57. The number of hydrogen-bond donors (Lipinski definition) is 0. The molecule has 0 saturated heterocycles. The minimum absolute atomic E-state index is 1.02. The molecule has 0 amide bonds. The highest BCUT2D eigenvalue weighted by atomic mass is 31.2. The van der Waals surface area contributed by atoms with Crippen molar-refractivity contribution >= 4 is 12.6 Å². The van der Waals surface area contributed by atoms with E-state index >= 15 is 0 Å². The van der Waals surface area contributed by atoms with Gasteiger partial charge in [0.2, 0.25) is 0 Å². The summed E-state index contributed by atoms with van der Waals surface area (Å²) in [6.45, 7) is 9.28. The Kier molecular flexibility index (Phi) is 9.73. The van der Waals surface area contributed by atoms with Crippen molar-refractivity contribution in [3.05, 3.63) is 42.0 Å². The van der Waals surface area contributed by atoms with Crippen molar-refractivity contribution in [2.24, 2.45) is 0 Å². The normalized spacial score (nSPS) is 12.6. The Labute approximate surface area is 139 Å². The van der Waals surface area contributed by atoms with E-state index in [2.05, 4.69) is 64.1 Å². The van der Waals surface area contributed by atoms with Crippen molar-refractivity contribution in [2.45, 2.75) is 66.2 Å². The first-order valence-electron chi connectivity index (χ1n) is 9.32. The van der Waals surface area contributed by atoms with Crippen LogP contribution in [-0.4, -0.2) is 18.5 Å². The zero-order chi connectivity index (χ0) is 16.3. The van der Waals surface area contributed by atoms with Crippen LogP contribution in [0.15, 0.2) is 36.4 Å². The second kappa shape index (κ2) is 11.0. The van der Waals surface area contributed by atoms with E-state index < -0.39 is 7.26 Å². The van der Waals surface area contributed by atoms with E-state index in [1.165, 1.54) is 62.6 Å². The minimum atomic E-state index is -1.02. The predicted molar refractivity (Wildman–Crippen MR) is 106 cm³/mol. The molecule has 0 unspecified atom stereocenters. The predicted octanol–water partition coefficient (Wildman–Crippen LogP) is 7.47. The first kappa shape index (κ1) is 19.4. The van der Waals surface area contributed by atoms with Crippen LogP contribution in [0.4, 0.5) is 0 Å². The molecule has 0 radical (unpaired) electrons. The Balaban J connectivity index is 3.16. The summed E-state index contributed by atoms with van der Waals surface area (Å²) in [5.41, 5.74) is 1.49. The van der Waals surface area contributed by atoms with Crippen LogP contribution in [0.2, 0.25) is 0 Å². The van der Waals surface area contributed by atoms with Crippen molar-refractivity contribution in [3.63, 3.8) is 0 Å². The van der Waals surface area contributed by atoms with Crippen LogP contribution in [0, 0.1) is 0 Å². The summed E-state index contributed by atoms with van der Waals surface area (Å²) in [7, 11) is -1.02. The monoisotopic (exact) mass is 319 g/mol. The summed E-state index contributed by atoms with van der Waals surface area (Å²) in [5.74, 6) is 0. The third-order valence-corrected chi connectivity index (χ3v) is 9.73. The lowest BCUT2D eigenvalue weighted by Crippen LogP contribution is -2.11. The molecule has 0 fully saturated rings. The van der Waals surface area contributed by atoms with E-state index in [9.17, 15) is 0 Å². The highest BCUT2D eigenvalue weighted by Crippen LogP contribution is 2.70. The van der Waals surface area contributed by atoms with Gasteiger partial charge in [0.25, 0.3) is 0 Å². The Hall–Kier alpha value is -0.610. The van der Waals surface area contributed by atoms with Gasteiger partial charge >= 0.3 is 0 Å². The van der Waals surface area contributed by atoms with Crippen LogP contribution in [0.25, 0.3) is 5.31 Å². The molecule has 1 aromatic carbocycles. The zero-order valence-corrected chi connectivity index (χ0v) is 16.2. The van der Waals surface area contributed by atoms with Crippen LogP contribution in [-0.2, 0) is 0 Å². The lowest BCUT2D eigenvalue weighted by molar-refractivity contribution is 0.841. The molecule has 0 nitrogen and oxygen atoms in total. The van der Waals surface area contributed by atoms with Gasteiger partial charge in [0.1, 0.15) is 0 Å². The second-order valence-electron chi connectivity index (χ2n) is 6.42. The van der Waals surface area contributed by atoms with E-state index in [4.69, 9.17) is 0 Å². The maximum Gasteiger partial charge on any atom is 0.0968 e. The fraction of sp³-hybridized carbons (Fsp3) is 0.619. The molecule has 124 valence electrons. The van der Waals surface area contributed by atoms with Crippen LogP contribution >= 0.6 is 7.26 Å². The largest absolute Gasteiger partial charge is 0.0968 e. The van der Waals surface area contributed by atoms with Crippen molar-refractivity contribution < 1.29 is 0 Å². The number of hydrogen-bond acceptors (Lipinski definition) is 0. The van der Waals surface area contributed by atoms with Gasteiger partial charge in [-0.25, -0.2) is 0 Å². The van der Waals surface area contributed by atoms with Gasteiger partial charge in [0.15, 0.2) is 0 Å². The molecular weight excluding hydrogens is 283 g/mol. The Morgan fingerprint density at radius 2 is 1.27 bits per heavy atom. The summed E-state index contributed by atoms with van der Waals surface area (Å²) < 4.78 is 0. The smallest absolute Gasteiger partial charge is 0.0652 e. The maximum absolute atomic E-state index is 2.45. The van der Waals surface area contributed by atoms with Gasteiger partial charge in [-0.3, -0.25) is 0 Å². The number of unbranched alkanes of at least 4 members (excludes halogenated alkanes) is 3. The molecule has 22 heavy (non-hydrogen) atoms. The van der Waals surface area contributed by atoms with E-state index in [0.717, 1.165) is 0 Å². The molecule has 0 saturated carbocycles. The van der Waals surface area contributed by atoms with Gasteiger partial charge < -0.3 is 0 Å². The molecule has 0 N–H and O–H groups in total. The van der Waals surface area contributed by atoms with Crippen LogP contribution in [0.5, 0.6) is 0 Å². The van der Waals surface area contributed by atoms with Gasteiger partial charge in [-0.2, -0.15) is 0 Å². The third-order valence-electron chi connectivity index (χ3n) is 4.67.